The molecule has 1 aromatic heterocycles. The molecule has 0 bridgehead atoms. The molecule has 16 heavy (non-hydrogen) atoms. The number of nitrogens with one attached hydrogen (secondary N) is 2. The van der Waals surface area contributed by atoms with Crippen LogP contribution in [0, 0.1) is 12.3 Å². The molecule has 0 aromatic carbocycles. The molecule has 86 valence electrons. The number of halogens is 2. The standard InChI is InChI=1S/C11H12Cl2N2O/c1-2-3-4-5-6-14-11(16)9-7-8(12)10(13)15-9/h1,7,15H,3-6H2,(H,14,16). The lowest BCUT2D eigenvalue weighted by molar-refractivity contribution is 0.0948. The molecule has 5 heteroatoms. The summed E-state index contributed by atoms with van der Waals surface area (Å²) in [5, 5.41) is 3.37. The molecule has 3 nitrogen and oxygen atoms in total. The largest absolute Gasteiger partial charge is 0.351 e. The highest BCUT2D eigenvalue weighted by atomic mass is 35.5. The van der Waals surface area contributed by atoms with Crippen molar-refractivity contribution >= 4 is 29.1 Å². The molecule has 0 fully saturated rings. The smallest absolute Gasteiger partial charge is 0.267 e. The molecule has 1 amide bonds. The maximum Gasteiger partial charge on any atom is 0.267 e. The third-order valence-electron chi connectivity index (χ3n) is 2.00. The third-order valence-corrected chi connectivity index (χ3v) is 2.70. The van der Waals surface area contributed by atoms with Crippen molar-refractivity contribution < 1.29 is 4.79 Å². The van der Waals surface area contributed by atoms with Crippen LogP contribution in [0.25, 0.3) is 0 Å². The number of hydrogen-bond donors (Lipinski definition) is 2. The Morgan fingerprint density at radius 2 is 2.25 bits per heavy atom. The van der Waals surface area contributed by atoms with Gasteiger partial charge in [0.05, 0.1) is 5.02 Å². The molecule has 0 aliphatic carbocycles. The summed E-state index contributed by atoms with van der Waals surface area (Å²) in [7, 11) is 0. The number of terminal acetylenes is 1. The second-order valence-corrected chi connectivity index (χ2v) is 4.05. The Labute approximate surface area is 105 Å². The molecule has 0 saturated heterocycles. The summed E-state index contributed by atoms with van der Waals surface area (Å²) in [5.41, 5.74) is 0.368. The van der Waals surface area contributed by atoms with Gasteiger partial charge < -0.3 is 10.3 Å². The molecule has 1 heterocycles. The van der Waals surface area contributed by atoms with E-state index in [0.717, 1.165) is 19.3 Å². The SMILES string of the molecule is C#CCCCCNC(=O)c1cc(Cl)c(Cl)[nH]1. The Hall–Kier alpha value is -1.11. The fraction of sp³-hybridized carbons (Fsp3) is 0.364. The van der Waals surface area contributed by atoms with Gasteiger partial charge in [-0.15, -0.1) is 12.3 Å². The molecule has 0 radical (unpaired) electrons. The van der Waals surface area contributed by atoms with Crippen LogP contribution in [0.1, 0.15) is 29.8 Å². The first-order valence-electron chi connectivity index (χ1n) is 4.91. The molecule has 1 rings (SSSR count). The van der Waals surface area contributed by atoms with Crippen molar-refractivity contribution in [2.75, 3.05) is 6.54 Å². The zero-order valence-corrected chi connectivity index (χ0v) is 10.2. The van der Waals surface area contributed by atoms with Crippen LogP contribution < -0.4 is 5.32 Å². The molecule has 0 spiro atoms. The van der Waals surface area contributed by atoms with E-state index in [1.807, 2.05) is 0 Å². The van der Waals surface area contributed by atoms with Gasteiger partial charge >= 0.3 is 0 Å². The Kier molecular flexibility index (Phi) is 5.24. The fourth-order valence-electron chi connectivity index (χ4n) is 1.18. The molecular weight excluding hydrogens is 247 g/mol. The van der Waals surface area contributed by atoms with E-state index in [9.17, 15) is 4.79 Å². The molecule has 0 aliphatic heterocycles. The van der Waals surface area contributed by atoms with E-state index >= 15 is 0 Å². The number of carbonyl (C=O) groups excluding carboxylic acids is 1. The van der Waals surface area contributed by atoms with Gasteiger partial charge in [0.25, 0.3) is 5.91 Å². The molecular formula is C11H12Cl2N2O. The monoisotopic (exact) mass is 258 g/mol. The summed E-state index contributed by atoms with van der Waals surface area (Å²) in [5.74, 6) is 2.33. The molecule has 2 N–H and O–H groups in total. The fourth-order valence-corrected chi connectivity index (χ4v) is 1.49. The van der Waals surface area contributed by atoms with E-state index in [1.54, 1.807) is 0 Å². The molecule has 0 unspecified atom stereocenters. The lowest BCUT2D eigenvalue weighted by Gasteiger charge is -2.01. The summed E-state index contributed by atoms with van der Waals surface area (Å²) in [6.45, 7) is 0.592. The summed E-state index contributed by atoms with van der Waals surface area (Å²) < 4.78 is 0. The van der Waals surface area contributed by atoms with E-state index in [2.05, 4.69) is 16.2 Å². The van der Waals surface area contributed by atoms with E-state index in [1.165, 1.54) is 6.07 Å². The van der Waals surface area contributed by atoms with E-state index < -0.39 is 0 Å². The zero-order valence-electron chi connectivity index (χ0n) is 8.65. The van der Waals surface area contributed by atoms with Crippen molar-refractivity contribution in [3.8, 4) is 12.3 Å². The molecule has 0 aliphatic rings. The van der Waals surface area contributed by atoms with Crippen LogP contribution >= 0.6 is 23.2 Å². The van der Waals surface area contributed by atoms with Crippen LogP contribution in [0.3, 0.4) is 0 Å². The Balaban J connectivity index is 2.33. The Bertz CT molecular complexity index is 387. The maximum absolute atomic E-state index is 11.5. The summed E-state index contributed by atoms with van der Waals surface area (Å²) in [4.78, 5) is 14.2. The number of hydrogen-bond acceptors (Lipinski definition) is 1. The van der Waals surface area contributed by atoms with Gasteiger partial charge in [0.15, 0.2) is 0 Å². The third kappa shape index (κ3) is 3.80. The van der Waals surface area contributed by atoms with Crippen molar-refractivity contribution in [3.63, 3.8) is 0 Å². The second-order valence-electron chi connectivity index (χ2n) is 3.26. The van der Waals surface area contributed by atoms with E-state index in [0.29, 0.717) is 17.3 Å². The predicted octanol–water partition coefficient (Wildman–Crippen LogP) is 2.85. The molecule has 1 aromatic rings. The van der Waals surface area contributed by atoms with Crippen LogP contribution in [-0.4, -0.2) is 17.4 Å². The number of carbonyl (C=O) groups is 1. The molecule has 0 atom stereocenters. The van der Waals surface area contributed by atoms with Crippen LogP contribution in [0.15, 0.2) is 6.07 Å². The highest BCUT2D eigenvalue weighted by Gasteiger charge is 2.10. The highest BCUT2D eigenvalue weighted by molar-refractivity contribution is 6.41. The number of aromatic amines is 1. The summed E-state index contributed by atoms with van der Waals surface area (Å²) in [6, 6.07) is 1.50. The van der Waals surface area contributed by atoms with Gasteiger partial charge in [-0.2, -0.15) is 0 Å². The van der Waals surface area contributed by atoms with Crippen LogP contribution in [0.4, 0.5) is 0 Å². The number of rotatable bonds is 5. The first kappa shape index (κ1) is 13.0. The minimum absolute atomic E-state index is 0.213. The quantitative estimate of drug-likeness (QED) is 0.619. The van der Waals surface area contributed by atoms with Gasteiger partial charge in [-0.3, -0.25) is 4.79 Å². The summed E-state index contributed by atoms with van der Waals surface area (Å²) >= 11 is 11.4. The first-order chi connectivity index (χ1) is 7.65. The highest BCUT2D eigenvalue weighted by Crippen LogP contribution is 2.21. The predicted molar refractivity (Wildman–Crippen MR) is 65.8 cm³/mol. The van der Waals surface area contributed by atoms with Crippen LogP contribution in [0.5, 0.6) is 0 Å². The summed E-state index contributed by atoms with van der Waals surface area (Å²) in [6.07, 6.45) is 7.61. The van der Waals surface area contributed by atoms with Crippen molar-refractivity contribution in [1.82, 2.24) is 10.3 Å². The van der Waals surface area contributed by atoms with Gasteiger partial charge in [0.2, 0.25) is 0 Å². The Morgan fingerprint density at radius 1 is 1.50 bits per heavy atom. The Morgan fingerprint density at radius 3 is 2.81 bits per heavy atom. The number of aromatic nitrogens is 1. The maximum atomic E-state index is 11.5. The van der Waals surface area contributed by atoms with Crippen LogP contribution in [0.2, 0.25) is 10.2 Å². The lowest BCUT2D eigenvalue weighted by Crippen LogP contribution is -2.24. The number of amides is 1. The molecule has 0 saturated carbocycles. The van der Waals surface area contributed by atoms with Gasteiger partial charge in [0, 0.05) is 13.0 Å². The minimum atomic E-state index is -0.213. The second kappa shape index (κ2) is 6.47. The first-order valence-corrected chi connectivity index (χ1v) is 5.66. The van der Waals surface area contributed by atoms with Crippen molar-refractivity contribution in [2.24, 2.45) is 0 Å². The van der Waals surface area contributed by atoms with Gasteiger partial charge in [-0.1, -0.05) is 23.2 Å². The number of H-pyrrole nitrogens is 1. The zero-order chi connectivity index (χ0) is 12.0. The van der Waals surface area contributed by atoms with Crippen LogP contribution in [-0.2, 0) is 0 Å². The van der Waals surface area contributed by atoms with Crippen molar-refractivity contribution in [3.05, 3.63) is 21.9 Å². The lowest BCUT2D eigenvalue weighted by atomic mass is 10.2. The van der Waals surface area contributed by atoms with Crippen molar-refractivity contribution in [1.29, 1.82) is 0 Å². The average molecular weight is 259 g/mol. The average Bonchev–Trinajstić information content (AvgIpc) is 2.59. The van der Waals surface area contributed by atoms with Gasteiger partial charge in [-0.25, -0.2) is 0 Å². The van der Waals surface area contributed by atoms with Crippen molar-refractivity contribution in [2.45, 2.75) is 19.3 Å². The van der Waals surface area contributed by atoms with E-state index in [-0.39, 0.29) is 11.1 Å². The number of unbranched alkanes of at least 4 members (excludes halogenated alkanes) is 2. The topological polar surface area (TPSA) is 44.9 Å². The van der Waals surface area contributed by atoms with Gasteiger partial charge in [0.1, 0.15) is 10.8 Å². The van der Waals surface area contributed by atoms with E-state index in [4.69, 9.17) is 29.6 Å². The normalized spacial score (nSPS) is 9.81. The minimum Gasteiger partial charge on any atom is -0.351 e. The van der Waals surface area contributed by atoms with Gasteiger partial charge in [-0.05, 0) is 18.9 Å².